The first kappa shape index (κ1) is 14.4. The highest BCUT2D eigenvalue weighted by Crippen LogP contribution is 2.28. The molecule has 0 saturated heterocycles. The van der Waals surface area contributed by atoms with Gasteiger partial charge in [0.2, 0.25) is 0 Å². The van der Waals surface area contributed by atoms with Crippen LogP contribution in [0.1, 0.15) is 26.7 Å². The average molecular weight is 253 g/mol. The summed E-state index contributed by atoms with van der Waals surface area (Å²) in [7, 11) is 0. The molecule has 1 aromatic rings. The van der Waals surface area contributed by atoms with Crippen LogP contribution in [0.2, 0.25) is 0 Å². The lowest BCUT2D eigenvalue weighted by molar-refractivity contribution is -0.388. The summed E-state index contributed by atoms with van der Waals surface area (Å²) in [4.78, 5) is 14.0. The fourth-order valence-corrected chi connectivity index (χ4v) is 1.74. The number of rotatable bonds is 7. The van der Waals surface area contributed by atoms with Crippen LogP contribution in [0.15, 0.2) is 18.3 Å². The Labute approximate surface area is 106 Å². The van der Waals surface area contributed by atoms with Crippen LogP contribution in [-0.4, -0.2) is 28.2 Å². The first-order valence-electron chi connectivity index (χ1n) is 6.02. The maximum Gasteiger partial charge on any atom is 0.386 e. The van der Waals surface area contributed by atoms with E-state index in [1.807, 2.05) is 13.8 Å². The number of hydrogen-bond acceptors (Lipinski definition) is 5. The van der Waals surface area contributed by atoms with Crippen LogP contribution < -0.4 is 5.32 Å². The zero-order valence-electron chi connectivity index (χ0n) is 10.7. The molecule has 18 heavy (non-hydrogen) atoms. The zero-order chi connectivity index (χ0) is 13.6. The molecule has 2 N–H and O–H groups in total. The summed E-state index contributed by atoms with van der Waals surface area (Å²) in [5.74, 6) is -0.184. The van der Waals surface area contributed by atoms with Gasteiger partial charge in [0.15, 0.2) is 0 Å². The van der Waals surface area contributed by atoms with E-state index in [-0.39, 0.29) is 17.8 Å². The van der Waals surface area contributed by atoms with Crippen molar-refractivity contribution in [1.82, 2.24) is 4.98 Å². The highest BCUT2D eigenvalue weighted by molar-refractivity contribution is 5.56. The summed E-state index contributed by atoms with van der Waals surface area (Å²) < 4.78 is 0. The number of nitrogens with zero attached hydrogens (tertiary/aromatic N) is 2. The van der Waals surface area contributed by atoms with Crippen molar-refractivity contribution in [3.63, 3.8) is 0 Å². The summed E-state index contributed by atoms with van der Waals surface area (Å²) in [6.45, 7) is 4.54. The lowest BCUT2D eigenvalue weighted by Crippen LogP contribution is -2.32. The van der Waals surface area contributed by atoms with Crippen LogP contribution in [0.4, 0.5) is 11.5 Å². The number of aliphatic hydroxyl groups is 1. The Bertz CT molecular complexity index is 397. The number of nitro groups is 1. The second-order valence-electron chi connectivity index (χ2n) is 4.35. The van der Waals surface area contributed by atoms with Crippen molar-refractivity contribution >= 4 is 11.5 Å². The first-order valence-corrected chi connectivity index (χ1v) is 6.02. The quantitative estimate of drug-likeness (QED) is 0.574. The second kappa shape index (κ2) is 6.30. The molecular weight excluding hydrogens is 234 g/mol. The Morgan fingerprint density at radius 3 is 2.67 bits per heavy atom. The monoisotopic (exact) mass is 253 g/mol. The number of nitrogens with one attached hydrogen (secondary N) is 1. The maximum atomic E-state index is 10.8. The molecule has 0 atom stereocenters. The van der Waals surface area contributed by atoms with Crippen LogP contribution in [0.3, 0.4) is 0 Å². The molecule has 0 aliphatic rings. The Hall–Kier alpha value is -1.69. The fraction of sp³-hybridized carbons (Fsp3) is 0.583. The molecule has 100 valence electrons. The van der Waals surface area contributed by atoms with E-state index in [1.165, 1.54) is 6.20 Å². The minimum atomic E-state index is -0.513. The molecule has 6 heteroatoms. The first-order chi connectivity index (χ1) is 8.58. The highest BCUT2D eigenvalue weighted by atomic mass is 16.6. The lowest BCUT2D eigenvalue weighted by atomic mass is 9.83. The van der Waals surface area contributed by atoms with Gasteiger partial charge in [-0.1, -0.05) is 13.8 Å². The number of hydrogen-bond donors (Lipinski definition) is 2. The largest absolute Gasteiger partial charge is 0.396 e. The molecule has 0 spiro atoms. The summed E-state index contributed by atoms with van der Waals surface area (Å²) in [6, 6.07) is 3.27. The van der Waals surface area contributed by atoms with Gasteiger partial charge in [-0.3, -0.25) is 0 Å². The summed E-state index contributed by atoms with van der Waals surface area (Å²) in [5.41, 5.74) is 0.145. The lowest BCUT2D eigenvalue weighted by Gasteiger charge is -2.29. The van der Waals surface area contributed by atoms with E-state index >= 15 is 0 Å². The predicted molar refractivity (Wildman–Crippen MR) is 69.5 cm³/mol. The van der Waals surface area contributed by atoms with Crippen molar-refractivity contribution in [3.05, 3.63) is 28.4 Å². The highest BCUT2D eigenvalue weighted by Gasteiger charge is 2.26. The average Bonchev–Trinajstić information content (AvgIpc) is 2.41. The number of aromatic nitrogens is 1. The molecule has 0 aliphatic carbocycles. The topological polar surface area (TPSA) is 88.3 Å². The molecular formula is C12H19N3O3. The van der Waals surface area contributed by atoms with Crippen LogP contribution in [-0.2, 0) is 0 Å². The van der Waals surface area contributed by atoms with Crippen molar-refractivity contribution in [3.8, 4) is 0 Å². The molecule has 0 aromatic carbocycles. The van der Waals surface area contributed by atoms with Gasteiger partial charge in [0.05, 0.1) is 6.61 Å². The molecule has 0 aliphatic heterocycles. The minimum Gasteiger partial charge on any atom is -0.396 e. The summed E-state index contributed by atoms with van der Waals surface area (Å²) in [5, 5.41) is 23.3. The molecule has 1 rings (SSSR count). The molecule has 0 saturated carbocycles. The number of pyridine rings is 1. The Kier molecular flexibility index (Phi) is 5.03. The van der Waals surface area contributed by atoms with Gasteiger partial charge in [-0.05, 0) is 34.9 Å². The molecule has 0 radical (unpaired) electrons. The van der Waals surface area contributed by atoms with Gasteiger partial charge in [0, 0.05) is 12.0 Å². The van der Waals surface area contributed by atoms with E-state index in [1.54, 1.807) is 12.1 Å². The van der Waals surface area contributed by atoms with Crippen molar-refractivity contribution in [2.24, 2.45) is 5.41 Å². The molecule has 1 heterocycles. The molecule has 0 amide bonds. The third-order valence-electron chi connectivity index (χ3n) is 3.45. The Balaban J connectivity index is 2.83. The maximum absolute atomic E-state index is 10.8. The van der Waals surface area contributed by atoms with Gasteiger partial charge in [-0.25, -0.2) is 0 Å². The fourth-order valence-electron chi connectivity index (χ4n) is 1.74. The van der Waals surface area contributed by atoms with Gasteiger partial charge < -0.3 is 20.5 Å². The third-order valence-corrected chi connectivity index (χ3v) is 3.45. The second-order valence-corrected chi connectivity index (χ2v) is 4.35. The smallest absolute Gasteiger partial charge is 0.386 e. The number of anilines is 1. The van der Waals surface area contributed by atoms with E-state index in [0.29, 0.717) is 12.2 Å². The summed E-state index contributed by atoms with van der Waals surface area (Å²) >= 11 is 0. The normalized spacial score (nSPS) is 11.3. The van der Waals surface area contributed by atoms with Crippen LogP contribution >= 0.6 is 0 Å². The summed E-state index contributed by atoms with van der Waals surface area (Å²) in [6.07, 6.45) is 3.00. The van der Waals surface area contributed by atoms with Crippen molar-refractivity contribution in [2.75, 3.05) is 18.5 Å². The van der Waals surface area contributed by atoms with Crippen LogP contribution in [0, 0.1) is 15.5 Å². The zero-order valence-corrected chi connectivity index (χ0v) is 10.7. The van der Waals surface area contributed by atoms with Gasteiger partial charge in [-0.2, -0.15) is 0 Å². The standard InChI is InChI=1S/C12H19N3O3/c1-3-12(4-2,9-16)8-14-10-6-5-7-13-11(10)15(17)18/h5-7,14,16H,3-4,8-9H2,1-2H3. The van der Waals surface area contributed by atoms with E-state index in [4.69, 9.17) is 0 Å². The van der Waals surface area contributed by atoms with E-state index < -0.39 is 4.92 Å². The molecule has 0 bridgehead atoms. The van der Waals surface area contributed by atoms with E-state index in [0.717, 1.165) is 12.8 Å². The molecule has 0 unspecified atom stereocenters. The van der Waals surface area contributed by atoms with Crippen molar-refractivity contribution in [1.29, 1.82) is 0 Å². The molecule has 1 aromatic heterocycles. The van der Waals surface area contributed by atoms with Crippen molar-refractivity contribution in [2.45, 2.75) is 26.7 Å². The predicted octanol–water partition coefficient (Wildman–Crippen LogP) is 2.20. The van der Waals surface area contributed by atoms with Crippen LogP contribution in [0.25, 0.3) is 0 Å². The SMILES string of the molecule is CCC(CC)(CO)CNc1cccnc1[N+](=O)[O-]. The Morgan fingerprint density at radius 2 is 2.17 bits per heavy atom. The molecule has 6 nitrogen and oxygen atoms in total. The van der Waals surface area contributed by atoms with Gasteiger partial charge >= 0.3 is 5.82 Å². The van der Waals surface area contributed by atoms with E-state index in [2.05, 4.69) is 10.3 Å². The third kappa shape index (κ3) is 3.16. The Morgan fingerprint density at radius 1 is 1.50 bits per heavy atom. The van der Waals surface area contributed by atoms with Crippen LogP contribution in [0.5, 0.6) is 0 Å². The minimum absolute atomic E-state index is 0.0566. The number of aliphatic hydroxyl groups excluding tert-OH is 1. The van der Waals surface area contributed by atoms with Gasteiger partial charge in [-0.15, -0.1) is 0 Å². The van der Waals surface area contributed by atoms with Gasteiger partial charge in [0.25, 0.3) is 0 Å². The van der Waals surface area contributed by atoms with E-state index in [9.17, 15) is 15.2 Å². The van der Waals surface area contributed by atoms with Gasteiger partial charge in [0.1, 0.15) is 11.9 Å². The van der Waals surface area contributed by atoms with Crippen molar-refractivity contribution < 1.29 is 10.0 Å². The molecule has 0 fully saturated rings.